The van der Waals surface area contributed by atoms with Gasteiger partial charge in [-0.3, -0.25) is 0 Å². The number of nitrogens with zero attached hydrogens (tertiary/aromatic N) is 3. The van der Waals surface area contributed by atoms with Crippen molar-refractivity contribution in [3.8, 4) is 0 Å². The van der Waals surface area contributed by atoms with E-state index in [9.17, 15) is 4.39 Å². The summed E-state index contributed by atoms with van der Waals surface area (Å²) in [7, 11) is 0. The van der Waals surface area contributed by atoms with Gasteiger partial charge < -0.3 is 10.6 Å². The maximum absolute atomic E-state index is 13.4. The summed E-state index contributed by atoms with van der Waals surface area (Å²) in [6.45, 7) is 2.48. The fraction of sp³-hybridized carbons (Fsp3) is 0.231. The van der Waals surface area contributed by atoms with Crippen LogP contribution in [0.1, 0.15) is 11.3 Å². The van der Waals surface area contributed by atoms with Crippen LogP contribution in [-0.2, 0) is 6.42 Å². The second-order valence-corrected chi connectivity index (χ2v) is 4.83. The van der Waals surface area contributed by atoms with Gasteiger partial charge in [0.25, 0.3) is 0 Å². The number of nitrogens with two attached hydrogens (primary N) is 1. The number of hydrogen-bond acceptors (Lipinski definition) is 4. The quantitative estimate of drug-likeness (QED) is 0.815. The highest BCUT2D eigenvalue weighted by Gasteiger charge is 2.24. The Morgan fingerprint density at radius 3 is 2.95 bits per heavy atom. The standard InChI is InChI=1S/C13H12ClFN4/c1-7-11(16)12(18-13(14)17-7)19-5-4-8-2-3-9(15)6-10(8)19/h2-3,6H,4-5,16H2,1H3. The molecule has 1 aromatic heterocycles. The first-order valence-electron chi connectivity index (χ1n) is 5.92. The highest BCUT2D eigenvalue weighted by molar-refractivity contribution is 6.28. The average molecular weight is 279 g/mol. The number of benzene rings is 1. The van der Waals surface area contributed by atoms with Crippen molar-refractivity contribution in [1.82, 2.24) is 9.97 Å². The second kappa shape index (κ2) is 4.35. The van der Waals surface area contributed by atoms with Crippen molar-refractivity contribution >= 4 is 28.8 Å². The van der Waals surface area contributed by atoms with Crippen LogP contribution in [0.5, 0.6) is 0 Å². The van der Waals surface area contributed by atoms with E-state index in [2.05, 4.69) is 9.97 Å². The topological polar surface area (TPSA) is 55.0 Å². The van der Waals surface area contributed by atoms with Gasteiger partial charge in [-0.25, -0.2) is 9.37 Å². The molecule has 3 rings (SSSR count). The molecule has 0 aliphatic carbocycles. The van der Waals surface area contributed by atoms with Gasteiger partial charge in [0.05, 0.1) is 11.4 Å². The summed E-state index contributed by atoms with van der Waals surface area (Å²) in [5, 5.41) is 0.145. The Hall–Kier alpha value is -1.88. The lowest BCUT2D eigenvalue weighted by Gasteiger charge is -2.20. The molecule has 0 saturated heterocycles. The molecule has 2 N–H and O–H groups in total. The van der Waals surface area contributed by atoms with Crippen molar-refractivity contribution in [3.63, 3.8) is 0 Å². The average Bonchev–Trinajstić information content (AvgIpc) is 2.76. The van der Waals surface area contributed by atoms with Crippen molar-refractivity contribution in [2.45, 2.75) is 13.3 Å². The molecular weight excluding hydrogens is 267 g/mol. The van der Waals surface area contributed by atoms with E-state index >= 15 is 0 Å². The minimum absolute atomic E-state index is 0.145. The molecule has 0 bridgehead atoms. The zero-order valence-electron chi connectivity index (χ0n) is 10.3. The molecule has 1 aromatic carbocycles. The summed E-state index contributed by atoms with van der Waals surface area (Å²) >= 11 is 5.88. The molecule has 2 aromatic rings. The van der Waals surface area contributed by atoms with Gasteiger partial charge in [0.15, 0.2) is 5.82 Å². The molecule has 0 fully saturated rings. The third-order valence-corrected chi connectivity index (χ3v) is 3.46. The summed E-state index contributed by atoms with van der Waals surface area (Å²) in [6.07, 6.45) is 0.829. The van der Waals surface area contributed by atoms with E-state index in [1.807, 2.05) is 4.90 Å². The van der Waals surface area contributed by atoms with Gasteiger partial charge >= 0.3 is 0 Å². The summed E-state index contributed by atoms with van der Waals surface area (Å²) in [4.78, 5) is 10.1. The number of halogens is 2. The number of hydrogen-bond donors (Lipinski definition) is 1. The predicted octanol–water partition coefficient (Wildman–Crippen LogP) is 2.85. The van der Waals surface area contributed by atoms with Crippen LogP contribution in [0, 0.1) is 12.7 Å². The molecule has 0 unspecified atom stereocenters. The van der Waals surface area contributed by atoms with E-state index in [0.717, 1.165) is 17.7 Å². The lowest BCUT2D eigenvalue weighted by molar-refractivity contribution is 0.628. The summed E-state index contributed by atoms with van der Waals surface area (Å²) in [5.41, 5.74) is 8.98. The van der Waals surface area contributed by atoms with Gasteiger partial charge in [-0.2, -0.15) is 4.98 Å². The van der Waals surface area contributed by atoms with Crippen LogP contribution in [0.15, 0.2) is 18.2 Å². The van der Waals surface area contributed by atoms with E-state index in [-0.39, 0.29) is 11.1 Å². The smallest absolute Gasteiger partial charge is 0.224 e. The van der Waals surface area contributed by atoms with Crippen LogP contribution in [0.2, 0.25) is 5.28 Å². The molecular formula is C13H12ClFN4. The van der Waals surface area contributed by atoms with Crippen molar-refractivity contribution in [2.24, 2.45) is 0 Å². The maximum Gasteiger partial charge on any atom is 0.224 e. The molecule has 4 nitrogen and oxygen atoms in total. The highest BCUT2D eigenvalue weighted by Crippen LogP contribution is 2.37. The van der Waals surface area contributed by atoms with Crippen LogP contribution < -0.4 is 10.6 Å². The molecule has 0 atom stereocenters. The normalized spacial score (nSPS) is 13.7. The van der Waals surface area contributed by atoms with E-state index in [1.165, 1.54) is 12.1 Å². The van der Waals surface area contributed by atoms with E-state index in [0.29, 0.717) is 23.7 Å². The molecule has 19 heavy (non-hydrogen) atoms. The third-order valence-electron chi connectivity index (χ3n) is 3.29. The molecule has 0 spiro atoms. The van der Waals surface area contributed by atoms with Crippen LogP contribution in [0.3, 0.4) is 0 Å². The van der Waals surface area contributed by atoms with Crippen molar-refractivity contribution in [1.29, 1.82) is 0 Å². The lowest BCUT2D eigenvalue weighted by atomic mass is 10.2. The second-order valence-electron chi connectivity index (χ2n) is 4.49. The highest BCUT2D eigenvalue weighted by atomic mass is 35.5. The minimum atomic E-state index is -0.277. The molecule has 2 heterocycles. The third kappa shape index (κ3) is 2.00. The molecule has 0 radical (unpaired) electrons. The predicted molar refractivity (Wildman–Crippen MR) is 73.3 cm³/mol. The molecule has 1 aliphatic rings. The van der Waals surface area contributed by atoms with Gasteiger partial charge in [-0.15, -0.1) is 0 Å². The number of rotatable bonds is 1. The first-order valence-corrected chi connectivity index (χ1v) is 6.29. The summed E-state index contributed by atoms with van der Waals surface area (Å²) in [6, 6.07) is 4.74. The van der Waals surface area contributed by atoms with Gasteiger partial charge in [0.2, 0.25) is 5.28 Å². The van der Waals surface area contributed by atoms with Crippen LogP contribution in [0.4, 0.5) is 21.6 Å². The van der Waals surface area contributed by atoms with Gasteiger partial charge in [-0.05, 0) is 42.6 Å². The Balaban J connectivity index is 2.14. The number of fused-ring (bicyclic) bond motifs is 1. The Morgan fingerprint density at radius 1 is 1.37 bits per heavy atom. The molecule has 0 saturated carbocycles. The molecule has 98 valence electrons. The molecule has 0 amide bonds. The summed E-state index contributed by atoms with van der Waals surface area (Å²) < 4.78 is 13.4. The van der Waals surface area contributed by atoms with E-state index < -0.39 is 0 Å². The largest absolute Gasteiger partial charge is 0.394 e. The van der Waals surface area contributed by atoms with E-state index in [4.69, 9.17) is 17.3 Å². The Bertz CT molecular complexity index is 659. The fourth-order valence-corrected chi connectivity index (χ4v) is 2.52. The zero-order chi connectivity index (χ0) is 13.6. The SMILES string of the molecule is Cc1nc(Cl)nc(N2CCc3ccc(F)cc32)c1N. The summed E-state index contributed by atoms with van der Waals surface area (Å²) in [5.74, 6) is 0.267. The zero-order valence-corrected chi connectivity index (χ0v) is 11.1. The Kier molecular flexibility index (Phi) is 2.78. The van der Waals surface area contributed by atoms with Crippen LogP contribution in [-0.4, -0.2) is 16.5 Å². The van der Waals surface area contributed by atoms with Gasteiger partial charge in [0.1, 0.15) is 5.82 Å². The first-order chi connectivity index (χ1) is 9.06. The van der Waals surface area contributed by atoms with Crippen LogP contribution >= 0.6 is 11.6 Å². The maximum atomic E-state index is 13.4. The Labute approximate surface area is 115 Å². The monoisotopic (exact) mass is 278 g/mol. The number of nitrogen functional groups attached to an aromatic ring is 1. The van der Waals surface area contributed by atoms with Crippen molar-refractivity contribution in [2.75, 3.05) is 17.2 Å². The van der Waals surface area contributed by atoms with E-state index in [1.54, 1.807) is 13.0 Å². The Morgan fingerprint density at radius 2 is 2.16 bits per heavy atom. The van der Waals surface area contributed by atoms with Gasteiger partial charge in [0, 0.05) is 12.2 Å². The van der Waals surface area contributed by atoms with Crippen molar-refractivity contribution in [3.05, 3.63) is 40.6 Å². The first kappa shape index (κ1) is 12.2. The number of aromatic nitrogens is 2. The van der Waals surface area contributed by atoms with Gasteiger partial charge in [-0.1, -0.05) is 6.07 Å². The number of aryl methyl sites for hydroxylation is 1. The minimum Gasteiger partial charge on any atom is -0.394 e. The number of anilines is 3. The van der Waals surface area contributed by atoms with Crippen molar-refractivity contribution < 1.29 is 4.39 Å². The lowest BCUT2D eigenvalue weighted by Crippen LogP contribution is -2.18. The molecule has 1 aliphatic heterocycles. The molecule has 6 heteroatoms. The van der Waals surface area contributed by atoms with Crippen LogP contribution in [0.25, 0.3) is 0 Å². The fourth-order valence-electron chi connectivity index (χ4n) is 2.31.